The molecule has 1 unspecified atom stereocenters. The Hall–Kier alpha value is -3.92. The molecule has 0 aliphatic carbocycles. The third-order valence-electron chi connectivity index (χ3n) is 5.37. The number of para-hydroxylation sites is 1. The maximum absolute atomic E-state index is 12.4. The van der Waals surface area contributed by atoms with E-state index in [2.05, 4.69) is 38.9 Å². The summed E-state index contributed by atoms with van der Waals surface area (Å²) in [6, 6.07) is 13.4. The van der Waals surface area contributed by atoms with Crippen LogP contribution in [0.3, 0.4) is 0 Å². The number of non-ortho nitro benzene ring substituents is 1. The zero-order valence-corrected chi connectivity index (χ0v) is 17.7. The first-order valence-corrected chi connectivity index (χ1v) is 10.2. The highest BCUT2D eigenvalue weighted by Gasteiger charge is 2.19. The number of nitrogens with one attached hydrogen (secondary N) is 1. The molecule has 0 fully saturated rings. The molecule has 0 spiro atoms. The number of aromatic nitrogens is 4. The average Bonchev–Trinajstić information content (AvgIpc) is 3.27. The van der Waals surface area contributed by atoms with Crippen molar-refractivity contribution in [3.05, 3.63) is 80.7 Å². The molecule has 0 radical (unpaired) electrons. The molecular weight excluding hydrogens is 412 g/mol. The molecule has 0 saturated heterocycles. The quantitative estimate of drug-likeness (QED) is 0.328. The van der Waals surface area contributed by atoms with E-state index in [1.165, 1.54) is 12.1 Å². The van der Waals surface area contributed by atoms with Gasteiger partial charge in [-0.2, -0.15) is 4.98 Å². The lowest BCUT2D eigenvalue weighted by Crippen LogP contribution is -2.33. The van der Waals surface area contributed by atoms with Crippen molar-refractivity contribution in [1.82, 2.24) is 25.0 Å². The minimum absolute atomic E-state index is 0.00251. The summed E-state index contributed by atoms with van der Waals surface area (Å²) in [7, 11) is 0. The number of nitro groups is 1. The minimum Gasteiger partial charge on any atom is -0.338 e. The first kappa shape index (κ1) is 21.3. The summed E-state index contributed by atoms with van der Waals surface area (Å²) in [5.74, 6) is 1.32. The van der Waals surface area contributed by atoms with E-state index in [4.69, 9.17) is 4.52 Å². The van der Waals surface area contributed by atoms with E-state index < -0.39 is 4.92 Å². The highest BCUT2D eigenvalue weighted by atomic mass is 16.6. The largest absolute Gasteiger partial charge is 0.338 e. The Morgan fingerprint density at radius 2 is 1.88 bits per heavy atom. The van der Waals surface area contributed by atoms with Gasteiger partial charge in [-0.3, -0.25) is 19.8 Å². The second-order valence-corrected chi connectivity index (χ2v) is 7.51. The van der Waals surface area contributed by atoms with Crippen LogP contribution in [0.15, 0.2) is 57.8 Å². The van der Waals surface area contributed by atoms with Gasteiger partial charge < -0.3 is 9.51 Å². The molecule has 10 heteroatoms. The van der Waals surface area contributed by atoms with Crippen LogP contribution < -0.4 is 5.56 Å². The van der Waals surface area contributed by atoms with Gasteiger partial charge in [0.25, 0.3) is 11.2 Å². The van der Waals surface area contributed by atoms with Crippen molar-refractivity contribution >= 4 is 16.6 Å². The monoisotopic (exact) mass is 434 g/mol. The molecule has 1 atom stereocenters. The van der Waals surface area contributed by atoms with Crippen molar-refractivity contribution in [2.24, 2.45) is 0 Å². The number of rotatable bonds is 8. The molecule has 2 aromatic heterocycles. The van der Waals surface area contributed by atoms with Gasteiger partial charge in [-0.15, -0.1) is 0 Å². The summed E-state index contributed by atoms with van der Waals surface area (Å²) < 4.78 is 5.42. The zero-order chi connectivity index (χ0) is 22.7. The fraction of sp³-hybridized carbons (Fsp3) is 0.273. The van der Waals surface area contributed by atoms with E-state index in [9.17, 15) is 14.9 Å². The van der Waals surface area contributed by atoms with Crippen molar-refractivity contribution in [2.75, 3.05) is 0 Å². The maximum atomic E-state index is 12.4. The summed E-state index contributed by atoms with van der Waals surface area (Å²) in [5.41, 5.74) is 1.10. The minimum atomic E-state index is -0.458. The molecule has 4 rings (SSSR count). The van der Waals surface area contributed by atoms with E-state index in [1.807, 2.05) is 18.2 Å². The second-order valence-electron chi connectivity index (χ2n) is 7.51. The van der Waals surface area contributed by atoms with Gasteiger partial charge in [0.15, 0.2) is 0 Å². The SMILES string of the molecule is CCC(C)N(Cc1nc2ccccc2c(=O)[nH]1)Cc1nc(-c2ccc([N+](=O)[O-])cc2)no1. The van der Waals surface area contributed by atoms with Crippen molar-refractivity contribution in [3.63, 3.8) is 0 Å². The number of aromatic amines is 1. The van der Waals surface area contributed by atoms with E-state index in [0.29, 0.717) is 47.1 Å². The van der Waals surface area contributed by atoms with Gasteiger partial charge in [0.1, 0.15) is 5.82 Å². The number of hydrogen-bond acceptors (Lipinski definition) is 8. The predicted molar refractivity (Wildman–Crippen MR) is 118 cm³/mol. The lowest BCUT2D eigenvalue weighted by atomic mass is 10.2. The van der Waals surface area contributed by atoms with Crippen LogP contribution in [0.5, 0.6) is 0 Å². The molecule has 0 aliphatic rings. The van der Waals surface area contributed by atoms with E-state index in [1.54, 1.807) is 18.2 Å². The fourth-order valence-electron chi connectivity index (χ4n) is 3.37. The van der Waals surface area contributed by atoms with E-state index >= 15 is 0 Å². The highest BCUT2D eigenvalue weighted by molar-refractivity contribution is 5.77. The Bertz CT molecular complexity index is 1300. The molecule has 2 aromatic carbocycles. The normalized spacial score (nSPS) is 12.3. The summed E-state index contributed by atoms with van der Waals surface area (Å²) in [5, 5.41) is 15.4. The first-order valence-electron chi connectivity index (χ1n) is 10.2. The van der Waals surface area contributed by atoms with Gasteiger partial charge in [-0.25, -0.2) is 4.98 Å². The maximum Gasteiger partial charge on any atom is 0.269 e. The summed E-state index contributed by atoms with van der Waals surface area (Å²) in [6.07, 6.45) is 0.876. The molecule has 0 saturated carbocycles. The first-order chi connectivity index (χ1) is 15.4. The number of benzene rings is 2. The lowest BCUT2D eigenvalue weighted by molar-refractivity contribution is -0.384. The Morgan fingerprint density at radius 1 is 1.12 bits per heavy atom. The van der Waals surface area contributed by atoms with Crippen LogP contribution in [0.2, 0.25) is 0 Å². The highest BCUT2D eigenvalue weighted by Crippen LogP contribution is 2.21. The second kappa shape index (κ2) is 9.06. The molecule has 2 heterocycles. The van der Waals surface area contributed by atoms with Crippen LogP contribution in [0.1, 0.15) is 32.0 Å². The van der Waals surface area contributed by atoms with Gasteiger partial charge >= 0.3 is 0 Å². The third kappa shape index (κ3) is 4.54. The smallest absolute Gasteiger partial charge is 0.269 e. The molecular formula is C22H22N6O4. The average molecular weight is 434 g/mol. The van der Waals surface area contributed by atoms with Gasteiger partial charge in [0.05, 0.1) is 28.9 Å². The van der Waals surface area contributed by atoms with E-state index in [-0.39, 0.29) is 17.3 Å². The number of hydrogen-bond donors (Lipinski definition) is 1. The summed E-state index contributed by atoms with van der Waals surface area (Å²) in [4.78, 5) is 36.8. The number of nitro benzene ring substituents is 1. The van der Waals surface area contributed by atoms with Crippen molar-refractivity contribution in [1.29, 1.82) is 0 Å². The molecule has 0 aliphatic heterocycles. The Morgan fingerprint density at radius 3 is 2.59 bits per heavy atom. The Balaban J connectivity index is 1.55. The Kier molecular flexibility index (Phi) is 6.04. The zero-order valence-electron chi connectivity index (χ0n) is 17.7. The van der Waals surface area contributed by atoms with Crippen molar-refractivity contribution < 1.29 is 9.45 Å². The van der Waals surface area contributed by atoms with Gasteiger partial charge in [-0.1, -0.05) is 24.2 Å². The molecule has 164 valence electrons. The van der Waals surface area contributed by atoms with Crippen molar-refractivity contribution in [2.45, 2.75) is 39.4 Å². The van der Waals surface area contributed by atoms with Gasteiger partial charge in [0.2, 0.25) is 11.7 Å². The number of H-pyrrole nitrogens is 1. The molecule has 1 N–H and O–H groups in total. The lowest BCUT2D eigenvalue weighted by Gasteiger charge is -2.26. The molecule has 0 bridgehead atoms. The molecule has 4 aromatic rings. The molecule has 10 nitrogen and oxygen atoms in total. The van der Waals surface area contributed by atoms with Crippen LogP contribution in [0.4, 0.5) is 5.69 Å². The number of fused-ring (bicyclic) bond motifs is 1. The Labute approximate surface area is 183 Å². The third-order valence-corrected chi connectivity index (χ3v) is 5.37. The van der Waals surface area contributed by atoms with E-state index in [0.717, 1.165) is 6.42 Å². The standard InChI is InChI=1S/C22H22N6O4/c1-3-14(2)27(12-19-23-18-7-5-4-6-17(18)22(29)24-19)13-20-25-21(26-32-20)15-8-10-16(11-9-15)28(30)31/h4-11,14H,3,12-13H2,1-2H3,(H,23,24,29). The van der Waals surface area contributed by atoms with Crippen LogP contribution in [-0.4, -0.2) is 36.0 Å². The van der Waals surface area contributed by atoms with Crippen LogP contribution in [0, 0.1) is 10.1 Å². The van der Waals surface area contributed by atoms with Crippen LogP contribution in [-0.2, 0) is 13.1 Å². The van der Waals surface area contributed by atoms with Crippen LogP contribution >= 0.6 is 0 Å². The van der Waals surface area contributed by atoms with Crippen LogP contribution in [0.25, 0.3) is 22.3 Å². The van der Waals surface area contributed by atoms with Gasteiger partial charge in [0, 0.05) is 23.7 Å². The topological polar surface area (TPSA) is 131 Å². The molecule has 32 heavy (non-hydrogen) atoms. The predicted octanol–water partition coefficient (Wildman–Crippen LogP) is 3.68. The number of nitrogens with zero attached hydrogens (tertiary/aromatic N) is 5. The summed E-state index contributed by atoms with van der Waals surface area (Å²) in [6.45, 7) is 4.92. The summed E-state index contributed by atoms with van der Waals surface area (Å²) >= 11 is 0. The molecule has 0 amide bonds. The van der Waals surface area contributed by atoms with Gasteiger partial charge in [-0.05, 0) is 37.6 Å². The fourth-order valence-corrected chi connectivity index (χ4v) is 3.37. The van der Waals surface area contributed by atoms with Crippen molar-refractivity contribution in [3.8, 4) is 11.4 Å².